The summed E-state index contributed by atoms with van der Waals surface area (Å²) < 4.78 is 8.14. The van der Waals surface area contributed by atoms with Gasteiger partial charge in [0.15, 0.2) is 0 Å². The number of amides is 1. The van der Waals surface area contributed by atoms with Crippen molar-refractivity contribution in [2.45, 2.75) is 39.2 Å². The number of ether oxygens (including phenoxy) is 1. The third-order valence-electron chi connectivity index (χ3n) is 5.89. The molecule has 5 nitrogen and oxygen atoms in total. The normalized spacial score (nSPS) is 11.1. The fourth-order valence-electron chi connectivity index (χ4n) is 4.03. The molecular formula is C28H29Cl2N3O2. The summed E-state index contributed by atoms with van der Waals surface area (Å²) >= 11 is 12.3. The highest BCUT2D eigenvalue weighted by Crippen LogP contribution is 2.22. The monoisotopic (exact) mass is 509 g/mol. The zero-order valence-electron chi connectivity index (χ0n) is 19.8. The molecule has 0 aliphatic rings. The highest BCUT2D eigenvalue weighted by atomic mass is 35.5. The van der Waals surface area contributed by atoms with E-state index in [1.54, 1.807) is 6.07 Å². The van der Waals surface area contributed by atoms with Crippen molar-refractivity contribution >= 4 is 40.1 Å². The van der Waals surface area contributed by atoms with Gasteiger partial charge in [-0.15, -0.1) is 0 Å². The largest absolute Gasteiger partial charge is 0.494 e. The number of imidazole rings is 1. The highest BCUT2D eigenvalue weighted by Gasteiger charge is 2.12. The second-order valence-electron chi connectivity index (χ2n) is 8.50. The van der Waals surface area contributed by atoms with Crippen LogP contribution >= 0.6 is 23.2 Å². The Hall–Kier alpha value is -3.02. The van der Waals surface area contributed by atoms with Crippen LogP contribution in [0.2, 0.25) is 10.0 Å². The van der Waals surface area contributed by atoms with Gasteiger partial charge >= 0.3 is 0 Å². The number of fused-ring (bicyclic) bond motifs is 1. The number of rotatable bonds is 11. The van der Waals surface area contributed by atoms with E-state index in [9.17, 15) is 4.79 Å². The number of para-hydroxylation sites is 2. The van der Waals surface area contributed by atoms with Crippen molar-refractivity contribution in [1.29, 1.82) is 0 Å². The van der Waals surface area contributed by atoms with Crippen molar-refractivity contribution in [3.63, 3.8) is 0 Å². The summed E-state index contributed by atoms with van der Waals surface area (Å²) in [7, 11) is 0. The van der Waals surface area contributed by atoms with Gasteiger partial charge in [-0.25, -0.2) is 4.98 Å². The molecule has 1 heterocycles. The van der Waals surface area contributed by atoms with Crippen LogP contribution in [-0.4, -0.2) is 28.6 Å². The molecule has 0 bridgehead atoms. The van der Waals surface area contributed by atoms with Gasteiger partial charge in [-0.2, -0.15) is 0 Å². The molecule has 1 amide bonds. The first-order valence-corrected chi connectivity index (χ1v) is 12.6. The van der Waals surface area contributed by atoms with Crippen molar-refractivity contribution in [3.8, 4) is 5.75 Å². The van der Waals surface area contributed by atoms with Crippen LogP contribution < -0.4 is 10.1 Å². The first-order valence-electron chi connectivity index (χ1n) is 11.8. The quantitative estimate of drug-likeness (QED) is 0.237. The lowest BCUT2D eigenvalue weighted by molar-refractivity contribution is -0.120. The molecule has 0 spiro atoms. The van der Waals surface area contributed by atoms with Gasteiger partial charge in [-0.05, 0) is 67.3 Å². The number of nitrogens with one attached hydrogen (secondary N) is 1. The molecule has 35 heavy (non-hydrogen) atoms. The smallest absolute Gasteiger partial charge is 0.224 e. The number of aryl methyl sites for hydroxylation is 2. The number of nitrogens with zero attached hydrogens (tertiary/aromatic N) is 2. The summed E-state index contributed by atoms with van der Waals surface area (Å²) in [6, 6.07) is 21.3. The maximum atomic E-state index is 12.4. The Morgan fingerprint density at radius 3 is 2.63 bits per heavy atom. The van der Waals surface area contributed by atoms with E-state index in [-0.39, 0.29) is 12.3 Å². The van der Waals surface area contributed by atoms with E-state index in [0.717, 1.165) is 58.1 Å². The number of carbonyl (C=O) groups is 1. The van der Waals surface area contributed by atoms with Crippen LogP contribution in [0.25, 0.3) is 11.0 Å². The number of unbranched alkanes of at least 4 members (excludes halogenated alkanes) is 1. The molecule has 4 aromatic rings. The average Bonchev–Trinajstić information content (AvgIpc) is 3.20. The SMILES string of the molecule is Cc1cc(OCCCCn2c(CCNC(=O)Cc3ccccc3Cl)nc3ccccc32)ccc1Cl. The standard InChI is InChI=1S/C28H29Cl2N3O2/c1-20-18-22(12-13-23(20)29)35-17-7-6-16-33-26-11-5-4-10-25(26)32-27(33)14-15-31-28(34)19-21-8-2-3-9-24(21)30/h2-5,8-13,18H,6-7,14-17,19H2,1H3,(H,31,34). The fourth-order valence-corrected chi connectivity index (χ4v) is 4.35. The molecule has 0 atom stereocenters. The Bertz CT molecular complexity index is 1300. The van der Waals surface area contributed by atoms with Gasteiger partial charge in [0.2, 0.25) is 5.91 Å². The molecule has 0 aliphatic carbocycles. The zero-order chi connectivity index (χ0) is 24.6. The Morgan fingerprint density at radius 2 is 1.80 bits per heavy atom. The number of aromatic nitrogens is 2. The van der Waals surface area contributed by atoms with Crippen LogP contribution in [0.15, 0.2) is 66.7 Å². The maximum Gasteiger partial charge on any atom is 0.224 e. The van der Waals surface area contributed by atoms with Crippen LogP contribution in [0.1, 0.15) is 29.8 Å². The molecule has 0 unspecified atom stereocenters. The molecule has 182 valence electrons. The lowest BCUT2D eigenvalue weighted by Gasteiger charge is -2.11. The second-order valence-corrected chi connectivity index (χ2v) is 9.32. The Morgan fingerprint density at radius 1 is 1.00 bits per heavy atom. The number of hydrogen-bond donors (Lipinski definition) is 1. The summed E-state index contributed by atoms with van der Waals surface area (Å²) in [5.74, 6) is 1.77. The van der Waals surface area contributed by atoms with Crippen LogP contribution in [0.5, 0.6) is 5.75 Å². The molecule has 7 heteroatoms. The lowest BCUT2D eigenvalue weighted by Crippen LogP contribution is -2.28. The van der Waals surface area contributed by atoms with Crippen molar-refractivity contribution in [1.82, 2.24) is 14.9 Å². The van der Waals surface area contributed by atoms with Crippen molar-refractivity contribution in [3.05, 3.63) is 93.7 Å². The molecule has 0 radical (unpaired) electrons. The van der Waals surface area contributed by atoms with E-state index in [1.165, 1.54) is 0 Å². The topological polar surface area (TPSA) is 56.1 Å². The zero-order valence-corrected chi connectivity index (χ0v) is 21.3. The lowest BCUT2D eigenvalue weighted by atomic mass is 10.1. The van der Waals surface area contributed by atoms with Gasteiger partial charge in [0.25, 0.3) is 0 Å². The molecule has 1 aromatic heterocycles. The highest BCUT2D eigenvalue weighted by molar-refractivity contribution is 6.31. The Kier molecular flexibility index (Phi) is 8.67. The summed E-state index contributed by atoms with van der Waals surface area (Å²) in [6.07, 6.45) is 2.80. The fraction of sp³-hybridized carbons (Fsp3) is 0.286. The van der Waals surface area contributed by atoms with E-state index in [0.29, 0.717) is 24.6 Å². The van der Waals surface area contributed by atoms with Gasteiger partial charge in [-0.3, -0.25) is 4.79 Å². The first-order chi connectivity index (χ1) is 17.0. The summed E-state index contributed by atoms with van der Waals surface area (Å²) in [4.78, 5) is 17.2. The minimum absolute atomic E-state index is 0.0460. The number of hydrogen-bond acceptors (Lipinski definition) is 3. The van der Waals surface area contributed by atoms with Gasteiger partial charge in [0, 0.05) is 29.6 Å². The van der Waals surface area contributed by atoms with Crippen molar-refractivity contribution < 1.29 is 9.53 Å². The molecule has 3 aromatic carbocycles. The molecule has 0 saturated carbocycles. The minimum atomic E-state index is -0.0460. The third kappa shape index (κ3) is 6.77. The van der Waals surface area contributed by atoms with Gasteiger partial charge < -0.3 is 14.6 Å². The van der Waals surface area contributed by atoms with Gasteiger partial charge in [0.1, 0.15) is 11.6 Å². The van der Waals surface area contributed by atoms with Crippen molar-refractivity contribution in [2.75, 3.05) is 13.2 Å². The van der Waals surface area contributed by atoms with Crippen LogP contribution in [0.4, 0.5) is 0 Å². The number of benzene rings is 3. The molecule has 4 rings (SSSR count). The van der Waals surface area contributed by atoms with E-state index in [4.69, 9.17) is 32.9 Å². The number of halogens is 2. The predicted octanol–water partition coefficient (Wildman–Crippen LogP) is 6.41. The second kappa shape index (κ2) is 12.1. The Labute approximate surface area is 216 Å². The van der Waals surface area contributed by atoms with Crippen molar-refractivity contribution in [2.24, 2.45) is 0 Å². The molecular weight excluding hydrogens is 481 g/mol. The van der Waals surface area contributed by atoms with Crippen LogP contribution in [0, 0.1) is 6.92 Å². The molecule has 0 fully saturated rings. The minimum Gasteiger partial charge on any atom is -0.494 e. The molecule has 0 saturated heterocycles. The van der Waals surface area contributed by atoms with Gasteiger partial charge in [-0.1, -0.05) is 53.5 Å². The van der Waals surface area contributed by atoms with E-state index in [2.05, 4.69) is 16.0 Å². The van der Waals surface area contributed by atoms with E-state index >= 15 is 0 Å². The summed E-state index contributed by atoms with van der Waals surface area (Å²) in [5, 5.41) is 4.36. The summed E-state index contributed by atoms with van der Waals surface area (Å²) in [5.41, 5.74) is 3.92. The summed E-state index contributed by atoms with van der Waals surface area (Å²) in [6.45, 7) is 3.97. The van der Waals surface area contributed by atoms with E-state index < -0.39 is 0 Å². The first kappa shape index (κ1) is 25.1. The average molecular weight is 510 g/mol. The van der Waals surface area contributed by atoms with Crippen LogP contribution in [0.3, 0.4) is 0 Å². The molecule has 0 aliphatic heterocycles. The Balaban J connectivity index is 1.30. The molecule has 1 N–H and O–H groups in total. The maximum absolute atomic E-state index is 12.4. The predicted molar refractivity (Wildman–Crippen MR) is 143 cm³/mol. The van der Waals surface area contributed by atoms with Gasteiger partial charge in [0.05, 0.1) is 24.1 Å². The van der Waals surface area contributed by atoms with E-state index in [1.807, 2.05) is 61.5 Å². The third-order valence-corrected chi connectivity index (χ3v) is 6.68. The van der Waals surface area contributed by atoms with Crippen LogP contribution in [-0.2, 0) is 24.2 Å². The number of carbonyl (C=O) groups excluding carboxylic acids is 1.